The molecule has 0 bridgehead atoms. The minimum atomic E-state index is -0.630. The number of carbonyl (C=O) groups excluding carboxylic acids is 2. The number of amides is 1. The van der Waals surface area contributed by atoms with Gasteiger partial charge in [-0.15, -0.1) is 11.3 Å². The van der Waals surface area contributed by atoms with Crippen molar-refractivity contribution in [2.45, 2.75) is 62.3 Å². The van der Waals surface area contributed by atoms with E-state index in [4.69, 9.17) is 30.9 Å². The Morgan fingerprint density at radius 1 is 1.00 bits per heavy atom. The van der Waals surface area contributed by atoms with E-state index in [9.17, 15) is 20.1 Å². The molecule has 4 aromatic rings. The molecule has 2 aromatic heterocycles. The number of anilines is 1. The van der Waals surface area contributed by atoms with E-state index in [1.54, 1.807) is 23.5 Å². The third-order valence-corrected chi connectivity index (χ3v) is 10.6. The first kappa shape index (κ1) is 39.2. The maximum absolute atomic E-state index is 12.1. The summed E-state index contributed by atoms with van der Waals surface area (Å²) < 4.78 is 11.1. The summed E-state index contributed by atoms with van der Waals surface area (Å²) in [4.78, 5) is 36.1. The van der Waals surface area contributed by atoms with Crippen molar-refractivity contribution in [3.05, 3.63) is 76.3 Å². The topological polar surface area (TPSA) is 193 Å². The molecule has 5 rings (SSSR count). The Labute approximate surface area is 318 Å². The molecule has 1 amide bonds. The number of carbonyl (C=O) groups is 2. The highest BCUT2D eigenvalue weighted by atomic mass is 32.2. The standard InChI is InChI=1S/C39H44N8O4S2/c1-26-7-9-28(10-8-26)38-45-29(24-52-38)25-53-39-32(23-42)35(31(22-41)36(46-39)47-18-4-5-19-47)27-11-13-30(14-12-27)50-20-21-51-34(48)15-17-44-37(49)33(43)6-2-3-16-40/h7-14,24,33H,2-6,15-21,25,40,43H2,1H3,(H,44,49). The molecule has 0 spiro atoms. The van der Waals surface area contributed by atoms with E-state index < -0.39 is 12.0 Å². The fraction of sp³-hybridized carbons (Fsp3) is 0.385. The molecule has 1 aliphatic heterocycles. The molecule has 1 fully saturated rings. The van der Waals surface area contributed by atoms with Gasteiger partial charge in [0.1, 0.15) is 52.5 Å². The van der Waals surface area contributed by atoms with E-state index in [0.717, 1.165) is 55.0 Å². The lowest BCUT2D eigenvalue weighted by molar-refractivity contribution is -0.144. The van der Waals surface area contributed by atoms with E-state index in [-0.39, 0.29) is 32.1 Å². The van der Waals surface area contributed by atoms with Crippen LogP contribution in [0.1, 0.15) is 60.9 Å². The van der Waals surface area contributed by atoms with E-state index in [0.29, 0.717) is 57.6 Å². The first-order valence-electron chi connectivity index (χ1n) is 17.7. The van der Waals surface area contributed by atoms with Crippen molar-refractivity contribution < 1.29 is 19.1 Å². The van der Waals surface area contributed by atoms with Gasteiger partial charge in [0.15, 0.2) is 0 Å². The van der Waals surface area contributed by atoms with Crippen molar-refractivity contribution in [2.75, 3.05) is 44.3 Å². The average Bonchev–Trinajstić information content (AvgIpc) is 3.89. The summed E-state index contributed by atoms with van der Waals surface area (Å²) >= 11 is 3.03. The van der Waals surface area contributed by atoms with E-state index >= 15 is 0 Å². The number of hydrogen-bond donors (Lipinski definition) is 3. The molecule has 2 aromatic carbocycles. The minimum absolute atomic E-state index is 0.0161. The Balaban J connectivity index is 1.22. The fourth-order valence-corrected chi connectivity index (χ4v) is 7.63. The SMILES string of the molecule is Cc1ccc(-c2nc(CSc3nc(N4CCCC4)c(C#N)c(-c4ccc(OCCOC(=O)CCNC(=O)C(N)CCCCN)cc4)c3C#N)cs2)cc1. The molecule has 12 nitrogen and oxygen atoms in total. The number of nitriles is 2. The van der Waals surface area contributed by atoms with E-state index in [2.05, 4.69) is 53.5 Å². The Bertz CT molecular complexity index is 1930. The third-order valence-electron chi connectivity index (χ3n) is 8.67. The third kappa shape index (κ3) is 10.8. The van der Waals surface area contributed by atoms with Crippen LogP contribution in [0, 0.1) is 29.6 Å². The number of esters is 1. The molecular weight excluding hydrogens is 709 g/mol. The monoisotopic (exact) mass is 752 g/mol. The molecule has 14 heteroatoms. The van der Waals surface area contributed by atoms with Gasteiger partial charge >= 0.3 is 5.97 Å². The van der Waals surface area contributed by atoms with Crippen LogP contribution in [0.2, 0.25) is 0 Å². The van der Waals surface area contributed by atoms with Gasteiger partial charge in [0.25, 0.3) is 0 Å². The second-order valence-corrected chi connectivity index (χ2v) is 14.4. The number of thiazole rings is 1. The lowest BCUT2D eigenvalue weighted by Crippen LogP contribution is -2.41. The van der Waals surface area contributed by atoms with Crippen LogP contribution in [0.3, 0.4) is 0 Å². The molecule has 1 saturated heterocycles. The average molecular weight is 753 g/mol. The Hall–Kier alpha value is -4.99. The van der Waals surface area contributed by atoms with Gasteiger partial charge in [-0.05, 0) is 56.8 Å². The summed E-state index contributed by atoms with van der Waals surface area (Å²) in [5.41, 5.74) is 16.4. The molecule has 0 aliphatic carbocycles. The Morgan fingerprint density at radius 2 is 1.72 bits per heavy atom. The summed E-state index contributed by atoms with van der Waals surface area (Å²) in [5.74, 6) is 0.879. The second-order valence-electron chi connectivity index (χ2n) is 12.6. The summed E-state index contributed by atoms with van der Waals surface area (Å²) in [6, 6.07) is 19.5. The van der Waals surface area contributed by atoms with Crippen molar-refractivity contribution in [1.29, 1.82) is 10.5 Å². The van der Waals surface area contributed by atoms with Gasteiger partial charge in [0, 0.05) is 41.9 Å². The largest absolute Gasteiger partial charge is 0.490 e. The van der Waals surface area contributed by atoms with Gasteiger partial charge in [-0.3, -0.25) is 9.59 Å². The van der Waals surface area contributed by atoms with Crippen molar-refractivity contribution in [3.8, 4) is 39.6 Å². The molecule has 0 saturated carbocycles. The van der Waals surface area contributed by atoms with Crippen molar-refractivity contribution in [3.63, 3.8) is 0 Å². The van der Waals surface area contributed by atoms with Gasteiger partial charge in [-0.25, -0.2) is 9.97 Å². The number of rotatable bonds is 18. The lowest BCUT2D eigenvalue weighted by atomic mass is 9.96. The zero-order chi connectivity index (χ0) is 37.6. The molecule has 5 N–H and O–H groups in total. The first-order valence-corrected chi connectivity index (χ1v) is 19.6. The van der Waals surface area contributed by atoms with Crippen LogP contribution in [0.25, 0.3) is 21.7 Å². The number of pyridine rings is 1. The van der Waals surface area contributed by atoms with Crippen LogP contribution in [-0.2, 0) is 20.1 Å². The van der Waals surface area contributed by atoms with Crippen LogP contribution >= 0.6 is 23.1 Å². The quantitative estimate of drug-likeness (QED) is 0.0639. The number of aromatic nitrogens is 2. The van der Waals surface area contributed by atoms with Gasteiger partial charge < -0.3 is 31.2 Å². The van der Waals surface area contributed by atoms with Crippen molar-refractivity contribution in [1.82, 2.24) is 15.3 Å². The summed E-state index contributed by atoms with van der Waals surface area (Å²) in [6.07, 6.45) is 4.15. The lowest BCUT2D eigenvalue weighted by Gasteiger charge is -2.22. The van der Waals surface area contributed by atoms with Crippen LogP contribution in [0.15, 0.2) is 58.9 Å². The molecule has 1 atom stereocenters. The maximum atomic E-state index is 12.1. The molecule has 0 radical (unpaired) electrons. The normalized spacial score (nSPS) is 12.9. The van der Waals surface area contributed by atoms with Crippen molar-refractivity contribution in [2.24, 2.45) is 11.5 Å². The summed E-state index contributed by atoms with van der Waals surface area (Å²) in [5, 5.41) is 27.1. The molecule has 276 valence electrons. The number of hydrogen-bond acceptors (Lipinski definition) is 13. The number of aryl methyl sites for hydroxylation is 1. The number of unbranched alkanes of at least 4 members (excludes halogenated alkanes) is 1. The second kappa shape index (κ2) is 19.7. The summed E-state index contributed by atoms with van der Waals surface area (Å²) in [6.45, 7) is 4.47. The van der Waals surface area contributed by atoms with E-state index in [1.807, 2.05) is 17.5 Å². The smallest absolute Gasteiger partial charge is 0.307 e. The predicted octanol–water partition coefficient (Wildman–Crippen LogP) is 5.70. The Kier molecular flexibility index (Phi) is 14.6. The predicted molar refractivity (Wildman–Crippen MR) is 207 cm³/mol. The number of ether oxygens (including phenoxy) is 2. The Morgan fingerprint density at radius 3 is 2.42 bits per heavy atom. The molecule has 1 unspecified atom stereocenters. The van der Waals surface area contributed by atoms with Crippen LogP contribution in [-0.4, -0.2) is 67.3 Å². The van der Waals surface area contributed by atoms with E-state index in [1.165, 1.54) is 17.3 Å². The highest BCUT2D eigenvalue weighted by Crippen LogP contribution is 2.40. The zero-order valence-corrected chi connectivity index (χ0v) is 31.4. The summed E-state index contributed by atoms with van der Waals surface area (Å²) in [7, 11) is 0. The number of nitrogens with two attached hydrogens (primary N) is 2. The minimum Gasteiger partial charge on any atom is -0.490 e. The maximum Gasteiger partial charge on any atom is 0.307 e. The van der Waals surface area contributed by atoms with Crippen LogP contribution < -0.4 is 26.4 Å². The number of thioether (sulfide) groups is 1. The van der Waals surface area contributed by atoms with Crippen LogP contribution in [0.5, 0.6) is 5.75 Å². The van der Waals surface area contributed by atoms with Crippen molar-refractivity contribution >= 4 is 40.8 Å². The molecule has 53 heavy (non-hydrogen) atoms. The fourth-order valence-electron chi connectivity index (χ4n) is 5.82. The number of nitrogens with one attached hydrogen (secondary N) is 1. The zero-order valence-electron chi connectivity index (χ0n) is 29.8. The number of nitrogens with zero attached hydrogens (tertiary/aromatic N) is 5. The van der Waals surface area contributed by atoms with Gasteiger partial charge in [-0.1, -0.05) is 60.1 Å². The van der Waals surface area contributed by atoms with Crippen LogP contribution in [0.4, 0.5) is 5.82 Å². The molecular formula is C39H44N8O4S2. The molecule has 3 heterocycles. The van der Waals surface area contributed by atoms with Gasteiger partial charge in [0.2, 0.25) is 5.91 Å². The van der Waals surface area contributed by atoms with Gasteiger partial charge in [-0.2, -0.15) is 10.5 Å². The van der Waals surface area contributed by atoms with Gasteiger partial charge in [0.05, 0.1) is 23.7 Å². The number of benzene rings is 2. The molecule has 1 aliphatic rings. The highest BCUT2D eigenvalue weighted by molar-refractivity contribution is 7.98. The highest BCUT2D eigenvalue weighted by Gasteiger charge is 2.26. The first-order chi connectivity index (χ1) is 25.8.